The van der Waals surface area contributed by atoms with Gasteiger partial charge in [-0.05, 0) is 12.3 Å². The summed E-state index contributed by atoms with van der Waals surface area (Å²) in [4.78, 5) is 9.00. The number of carbonyl (C=O) groups is 1. The molecule has 0 fully saturated rings. The van der Waals surface area contributed by atoms with Gasteiger partial charge in [-0.3, -0.25) is 4.79 Å². The van der Waals surface area contributed by atoms with Gasteiger partial charge in [-0.25, -0.2) is 0 Å². The Balaban J connectivity index is 0. The van der Waals surface area contributed by atoms with Crippen molar-refractivity contribution in [1.29, 1.82) is 0 Å². The lowest BCUT2D eigenvalue weighted by atomic mass is 9.76. The molecular weight excluding hydrogens is 173 g/mol. The van der Waals surface area contributed by atoms with Crippen molar-refractivity contribution in [3.05, 3.63) is 0 Å². The SMILES string of the molecule is CC(=O)O.CC(C)C[C@@H](N)B(O)O. The highest BCUT2D eigenvalue weighted by Gasteiger charge is 2.18. The van der Waals surface area contributed by atoms with Crippen LogP contribution in [0.4, 0.5) is 0 Å². The lowest BCUT2D eigenvalue weighted by Crippen LogP contribution is -2.39. The first-order valence-corrected chi connectivity index (χ1v) is 4.08. The van der Waals surface area contributed by atoms with Gasteiger partial charge in [0.15, 0.2) is 0 Å². The van der Waals surface area contributed by atoms with Crippen LogP contribution in [0.2, 0.25) is 0 Å². The highest BCUT2D eigenvalue weighted by Crippen LogP contribution is 2.02. The molecule has 5 N–H and O–H groups in total. The molecule has 0 amide bonds. The van der Waals surface area contributed by atoms with Crippen LogP contribution in [0.3, 0.4) is 0 Å². The largest absolute Gasteiger partial charge is 0.481 e. The normalized spacial score (nSPS) is 11.6. The van der Waals surface area contributed by atoms with Crippen LogP contribution in [-0.4, -0.2) is 34.2 Å². The zero-order valence-electron chi connectivity index (χ0n) is 8.27. The molecule has 0 unspecified atom stereocenters. The Kier molecular flexibility index (Phi) is 9.22. The number of hydrogen-bond donors (Lipinski definition) is 4. The number of carboxylic acid groups (broad SMARTS) is 1. The van der Waals surface area contributed by atoms with Gasteiger partial charge in [-0.1, -0.05) is 13.8 Å². The molecule has 0 spiro atoms. The van der Waals surface area contributed by atoms with E-state index in [4.69, 9.17) is 25.7 Å². The van der Waals surface area contributed by atoms with Gasteiger partial charge < -0.3 is 20.9 Å². The molecular formula is C7H18BNO4. The van der Waals surface area contributed by atoms with E-state index in [1.807, 2.05) is 13.8 Å². The van der Waals surface area contributed by atoms with Crippen LogP contribution in [0, 0.1) is 5.92 Å². The molecule has 0 aromatic heterocycles. The van der Waals surface area contributed by atoms with Crippen LogP contribution in [0.5, 0.6) is 0 Å². The minimum absolute atomic E-state index is 0.418. The van der Waals surface area contributed by atoms with Crippen LogP contribution >= 0.6 is 0 Å². The lowest BCUT2D eigenvalue weighted by Gasteiger charge is -2.11. The van der Waals surface area contributed by atoms with Crippen LogP contribution in [0.25, 0.3) is 0 Å². The molecule has 0 saturated heterocycles. The van der Waals surface area contributed by atoms with Crippen molar-refractivity contribution in [2.45, 2.75) is 33.1 Å². The Morgan fingerprint density at radius 2 is 1.77 bits per heavy atom. The molecule has 0 radical (unpaired) electrons. The van der Waals surface area contributed by atoms with Gasteiger partial charge >= 0.3 is 7.12 Å². The highest BCUT2D eigenvalue weighted by atomic mass is 16.4. The quantitative estimate of drug-likeness (QED) is 0.448. The summed E-state index contributed by atoms with van der Waals surface area (Å²) in [5, 5.41) is 24.4. The van der Waals surface area contributed by atoms with Gasteiger partial charge in [-0.15, -0.1) is 0 Å². The number of carboxylic acids is 1. The zero-order chi connectivity index (χ0) is 11.0. The second kappa shape index (κ2) is 8.03. The maximum absolute atomic E-state index is 9.00. The number of aliphatic carboxylic acids is 1. The Morgan fingerprint density at radius 3 is 1.85 bits per heavy atom. The topological polar surface area (TPSA) is 104 Å². The maximum Gasteiger partial charge on any atom is 0.469 e. The van der Waals surface area contributed by atoms with Gasteiger partial charge in [0.2, 0.25) is 0 Å². The van der Waals surface area contributed by atoms with Crippen molar-refractivity contribution in [2.24, 2.45) is 11.7 Å². The van der Waals surface area contributed by atoms with Gasteiger partial charge in [0, 0.05) is 12.9 Å². The van der Waals surface area contributed by atoms with Crippen molar-refractivity contribution in [2.75, 3.05) is 0 Å². The molecule has 5 nitrogen and oxygen atoms in total. The average molecular weight is 191 g/mol. The molecule has 78 valence electrons. The summed E-state index contributed by atoms with van der Waals surface area (Å²) < 4.78 is 0. The van der Waals surface area contributed by atoms with E-state index < -0.39 is 19.0 Å². The molecule has 0 aliphatic heterocycles. The molecule has 0 heterocycles. The second-order valence-corrected chi connectivity index (χ2v) is 3.23. The van der Waals surface area contributed by atoms with E-state index in [0.717, 1.165) is 6.92 Å². The van der Waals surface area contributed by atoms with Crippen molar-refractivity contribution >= 4 is 13.1 Å². The van der Waals surface area contributed by atoms with E-state index in [1.165, 1.54) is 0 Å². The van der Waals surface area contributed by atoms with Crippen LogP contribution in [0.15, 0.2) is 0 Å². The second-order valence-electron chi connectivity index (χ2n) is 3.23. The van der Waals surface area contributed by atoms with Crippen LogP contribution in [-0.2, 0) is 4.79 Å². The molecule has 0 bridgehead atoms. The molecule has 13 heavy (non-hydrogen) atoms. The van der Waals surface area contributed by atoms with E-state index in [2.05, 4.69) is 0 Å². The molecule has 0 aliphatic carbocycles. The summed E-state index contributed by atoms with van der Waals surface area (Å²) in [6, 6.07) is 0. The van der Waals surface area contributed by atoms with E-state index in [9.17, 15) is 0 Å². The predicted octanol–water partition coefficient (Wildman–Crippen LogP) is -0.537. The number of nitrogens with two attached hydrogens (primary N) is 1. The van der Waals surface area contributed by atoms with E-state index in [1.54, 1.807) is 0 Å². The summed E-state index contributed by atoms with van der Waals surface area (Å²) in [5.41, 5.74) is 5.32. The smallest absolute Gasteiger partial charge is 0.469 e. The zero-order valence-corrected chi connectivity index (χ0v) is 8.27. The number of hydrogen-bond acceptors (Lipinski definition) is 4. The average Bonchev–Trinajstić information content (AvgIpc) is 1.83. The predicted molar refractivity (Wildman–Crippen MR) is 50.9 cm³/mol. The fraction of sp³-hybridized carbons (Fsp3) is 0.857. The van der Waals surface area contributed by atoms with Crippen molar-refractivity contribution in [3.63, 3.8) is 0 Å². The third-order valence-electron chi connectivity index (χ3n) is 1.13. The van der Waals surface area contributed by atoms with Gasteiger partial charge in [0.1, 0.15) is 0 Å². The summed E-state index contributed by atoms with van der Waals surface area (Å²) in [6.07, 6.45) is 0.650. The van der Waals surface area contributed by atoms with E-state index >= 15 is 0 Å². The molecule has 0 aromatic carbocycles. The highest BCUT2D eigenvalue weighted by molar-refractivity contribution is 6.43. The fourth-order valence-corrected chi connectivity index (χ4v) is 0.666. The first-order chi connectivity index (χ1) is 5.77. The third-order valence-corrected chi connectivity index (χ3v) is 1.13. The standard InChI is InChI=1S/C5H14BNO2.C2H4O2/c1-4(2)3-5(7)6(8)9;1-2(3)4/h4-5,8-9H,3,7H2,1-2H3;1H3,(H,3,4)/t5-;/m1./s1. The molecule has 0 rings (SSSR count). The van der Waals surface area contributed by atoms with Gasteiger partial charge in [-0.2, -0.15) is 0 Å². The van der Waals surface area contributed by atoms with Gasteiger partial charge in [0.25, 0.3) is 5.97 Å². The summed E-state index contributed by atoms with van der Waals surface area (Å²) in [7, 11) is -1.37. The van der Waals surface area contributed by atoms with Crippen LogP contribution in [0.1, 0.15) is 27.2 Å². The third kappa shape index (κ3) is 18.4. The van der Waals surface area contributed by atoms with E-state index in [-0.39, 0.29) is 0 Å². The van der Waals surface area contributed by atoms with Crippen molar-refractivity contribution < 1.29 is 19.9 Å². The monoisotopic (exact) mass is 191 g/mol. The van der Waals surface area contributed by atoms with E-state index in [0.29, 0.717) is 12.3 Å². The molecule has 0 saturated carbocycles. The Hall–Kier alpha value is -0.585. The first-order valence-electron chi connectivity index (χ1n) is 4.08. The Bertz CT molecular complexity index is 136. The molecule has 0 aliphatic rings. The van der Waals surface area contributed by atoms with Crippen LogP contribution < -0.4 is 5.73 Å². The number of rotatable bonds is 3. The minimum Gasteiger partial charge on any atom is -0.481 e. The summed E-state index contributed by atoms with van der Waals surface area (Å²) in [6.45, 7) is 5.06. The lowest BCUT2D eigenvalue weighted by molar-refractivity contribution is -0.134. The first kappa shape index (κ1) is 14.9. The molecule has 0 aromatic rings. The molecule has 6 heteroatoms. The van der Waals surface area contributed by atoms with Gasteiger partial charge in [0.05, 0.1) is 0 Å². The maximum atomic E-state index is 9.00. The minimum atomic E-state index is -1.37. The fourth-order valence-electron chi connectivity index (χ4n) is 0.666. The van der Waals surface area contributed by atoms with Crippen molar-refractivity contribution in [1.82, 2.24) is 0 Å². The Morgan fingerprint density at radius 1 is 1.46 bits per heavy atom. The summed E-state index contributed by atoms with van der Waals surface area (Å²) in [5.74, 6) is -0.910. The Labute approximate surface area is 78.7 Å². The van der Waals surface area contributed by atoms with Crippen molar-refractivity contribution in [3.8, 4) is 0 Å². The molecule has 1 atom stereocenters. The summed E-state index contributed by atoms with van der Waals surface area (Å²) >= 11 is 0.